The van der Waals surface area contributed by atoms with E-state index in [0.29, 0.717) is 11.7 Å². The van der Waals surface area contributed by atoms with Crippen LogP contribution in [-0.4, -0.2) is 24.0 Å². The number of aryl methyl sites for hydroxylation is 1. The number of nitrogens with one attached hydrogen (secondary N) is 4. The molecule has 2 aromatic carbocycles. The van der Waals surface area contributed by atoms with Gasteiger partial charge in [-0.15, -0.1) is 0 Å². The van der Waals surface area contributed by atoms with Crippen LogP contribution in [0.25, 0.3) is 0 Å². The molecule has 0 aromatic heterocycles. The van der Waals surface area contributed by atoms with E-state index in [0.717, 1.165) is 30.6 Å². The van der Waals surface area contributed by atoms with E-state index in [1.165, 1.54) is 5.56 Å². The summed E-state index contributed by atoms with van der Waals surface area (Å²) in [6.45, 7) is 3.91. The van der Waals surface area contributed by atoms with Gasteiger partial charge in [-0.1, -0.05) is 19.1 Å². The summed E-state index contributed by atoms with van der Waals surface area (Å²) in [5, 5.41) is 11.8. The Hall–Kier alpha value is -3.02. The van der Waals surface area contributed by atoms with E-state index in [4.69, 9.17) is 0 Å². The standard InChI is InChI=1S/C21H26N4O2/c1-3-15-4-6-17(7-5-15)23-20(26)14(2)22-16-8-10-18(11-9-16)24-21(27)25-19-12-13-19/h4-11,14,19,22H,3,12-13H2,1-2H3,(H,23,26)(H2,24,25,27). The highest BCUT2D eigenvalue weighted by Crippen LogP contribution is 2.19. The molecule has 4 N–H and O–H groups in total. The normalized spacial score (nSPS) is 14.1. The van der Waals surface area contributed by atoms with E-state index >= 15 is 0 Å². The number of rotatable bonds is 7. The van der Waals surface area contributed by atoms with Gasteiger partial charge in [-0.25, -0.2) is 4.79 Å². The van der Waals surface area contributed by atoms with Gasteiger partial charge in [-0.05, 0) is 68.1 Å². The summed E-state index contributed by atoms with van der Waals surface area (Å²) < 4.78 is 0. The zero-order valence-corrected chi connectivity index (χ0v) is 15.7. The molecule has 0 bridgehead atoms. The van der Waals surface area contributed by atoms with E-state index in [9.17, 15) is 9.59 Å². The first-order valence-electron chi connectivity index (χ1n) is 9.37. The molecule has 142 valence electrons. The summed E-state index contributed by atoms with van der Waals surface area (Å²) in [6, 6.07) is 14.9. The van der Waals surface area contributed by atoms with Gasteiger partial charge in [-0.2, -0.15) is 0 Å². The first kappa shape index (κ1) is 18.8. The van der Waals surface area contributed by atoms with E-state index in [1.54, 1.807) is 0 Å². The highest BCUT2D eigenvalue weighted by molar-refractivity contribution is 5.96. The Balaban J connectivity index is 1.49. The molecule has 3 amide bonds. The number of carbonyl (C=O) groups excluding carboxylic acids is 2. The van der Waals surface area contributed by atoms with Crippen molar-refractivity contribution >= 4 is 29.0 Å². The maximum atomic E-state index is 12.4. The topological polar surface area (TPSA) is 82.3 Å². The van der Waals surface area contributed by atoms with E-state index < -0.39 is 6.04 Å². The molecule has 1 unspecified atom stereocenters. The number of carbonyl (C=O) groups is 2. The molecule has 0 spiro atoms. The number of hydrogen-bond donors (Lipinski definition) is 4. The quantitative estimate of drug-likeness (QED) is 0.598. The van der Waals surface area contributed by atoms with Crippen LogP contribution in [0.2, 0.25) is 0 Å². The second-order valence-electron chi connectivity index (χ2n) is 6.86. The van der Waals surface area contributed by atoms with Gasteiger partial charge in [0.15, 0.2) is 0 Å². The summed E-state index contributed by atoms with van der Waals surface area (Å²) in [5.41, 5.74) is 3.55. The molecule has 1 atom stereocenters. The molecule has 3 rings (SSSR count). The largest absolute Gasteiger partial charge is 0.374 e. The van der Waals surface area contributed by atoms with Crippen molar-refractivity contribution in [1.29, 1.82) is 0 Å². The van der Waals surface area contributed by atoms with Crippen LogP contribution in [0.15, 0.2) is 48.5 Å². The summed E-state index contributed by atoms with van der Waals surface area (Å²) in [5.74, 6) is -0.106. The summed E-state index contributed by atoms with van der Waals surface area (Å²) in [7, 11) is 0. The fraction of sp³-hybridized carbons (Fsp3) is 0.333. The van der Waals surface area contributed by atoms with Crippen molar-refractivity contribution in [3.8, 4) is 0 Å². The lowest BCUT2D eigenvalue weighted by Gasteiger charge is -2.16. The zero-order chi connectivity index (χ0) is 19.2. The molecular weight excluding hydrogens is 340 g/mol. The number of benzene rings is 2. The Morgan fingerprint density at radius 3 is 2.07 bits per heavy atom. The molecule has 6 nitrogen and oxygen atoms in total. The lowest BCUT2D eigenvalue weighted by molar-refractivity contribution is -0.116. The van der Waals surface area contributed by atoms with Crippen molar-refractivity contribution in [1.82, 2.24) is 5.32 Å². The average Bonchev–Trinajstić information content (AvgIpc) is 3.47. The smallest absolute Gasteiger partial charge is 0.319 e. The van der Waals surface area contributed by atoms with Crippen molar-refractivity contribution in [2.75, 3.05) is 16.0 Å². The minimum Gasteiger partial charge on any atom is -0.374 e. The van der Waals surface area contributed by atoms with Gasteiger partial charge in [0.05, 0.1) is 0 Å². The van der Waals surface area contributed by atoms with Crippen LogP contribution in [0, 0.1) is 0 Å². The second-order valence-corrected chi connectivity index (χ2v) is 6.86. The van der Waals surface area contributed by atoms with Crippen LogP contribution in [-0.2, 0) is 11.2 Å². The van der Waals surface area contributed by atoms with Crippen LogP contribution in [0.4, 0.5) is 21.9 Å². The van der Waals surface area contributed by atoms with E-state index in [1.807, 2.05) is 55.5 Å². The van der Waals surface area contributed by atoms with E-state index in [2.05, 4.69) is 28.2 Å². The Morgan fingerprint density at radius 1 is 0.926 bits per heavy atom. The third-order valence-corrected chi connectivity index (χ3v) is 4.46. The predicted octanol–water partition coefficient (Wildman–Crippen LogP) is 3.97. The minimum absolute atomic E-state index is 0.106. The monoisotopic (exact) mass is 366 g/mol. The van der Waals surface area contributed by atoms with Gasteiger partial charge in [0.2, 0.25) is 5.91 Å². The van der Waals surface area contributed by atoms with Crippen molar-refractivity contribution in [2.45, 2.75) is 45.2 Å². The SMILES string of the molecule is CCc1ccc(NC(=O)C(C)Nc2ccc(NC(=O)NC3CC3)cc2)cc1. The predicted molar refractivity (Wildman–Crippen MR) is 109 cm³/mol. The average molecular weight is 366 g/mol. The molecule has 1 aliphatic carbocycles. The molecule has 27 heavy (non-hydrogen) atoms. The van der Waals surface area contributed by atoms with Crippen LogP contribution in [0.3, 0.4) is 0 Å². The molecule has 0 radical (unpaired) electrons. The highest BCUT2D eigenvalue weighted by Gasteiger charge is 2.23. The lowest BCUT2D eigenvalue weighted by Crippen LogP contribution is -2.32. The van der Waals surface area contributed by atoms with Gasteiger partial charge < -0.3 is 21.3 Å². The molecule has 1 saturated carbocycles. The van der Waals surface area contributed by atoms with E-state index in [-0.39, 0.29) is 11.9 Å². The number of hydrogen-bond acceptors (Lipinski definition) is 3. The third kappa shape index (κ3) is 5.74. The fourth-order valence-electron chi connectivity index (χ4n) is 2.62. The van der Waals surface area contributed by atoms with Gasteiger partial charge in [-0.3, -0.25) is 4.79 Å². The van der Waals surface area contributed by atoms with Crippen molar-refractivity contribution in [3.63, 3.8) is 0 Å². The highest BCUT2D eigenvalue weighted by atomic mass is 16.2. The number of amides is 3. The summed E-state index contributed by atoms with van der Waals surface area (Å²) in [6.07, 6.45) is 3.08. The molecule has 0 aliphatic heterocycles. The van der Waals surface area contributed by atoms with Crippen LogP contribution in [0.5, 0.6) is 0 Å². The molecule has 2 aromatic rings. The van der Waals surface area contributed by atoms with Gasteiger partial charge >= 0.3 is 6.03 Å². The Bertz CT molecular complexity index is 783. The van der Waals surface area contributed by atoms with Gasteiger partial charge in [0, 0.05) is 23.1 Å². The molecule has 0 saturated heterocycles. The van der Waals surface area contributed by atoms with Gasteiger partial charge in [0.25, 0.3) is 0 Å². The Labute approximate surface area is 159 Å². The zero-order valence-electron chi connectivity index (χ0n) is 15.7. The number of urea groups is 1. The fourth-order valence-corrected chi connectivity index (χ4v) is 2.62. The maximum absolute atomic E-state index is 12.4. The van der Waals surface area contributed by atoms with Crippen LogP contribution >= 0.6 is 0 Å². The third-order valence-electron chi connectivity index (χ3n) is 4.46. The second kappa shape index (κ2) is 8.58. The van der Waals surface area contributed by atoms with Crippen molar-refractivity contribution in [2.24, 2.45) is 0 Å². The summed E-state index contributed by atoms with van der Waals surface area (Å²) in [4.78, 5) is 24.1. The molecular formula is C21H26N4O2. The molecule has 0 heterocycles. The van der Waals surface area contributed by atoms with Crippen molar-refractivity contribution < 1.29 is 9.59 Å². The van der Waals surface area contributed by atoms with Crippen LogP contribution in [0.1, 0.15) is 32.3 Å². The number of anilines is 3. The maximum Gasteiger partial charge on any atom is 0.319 e. The van der Waals surface area contributed by atoms with Gasteiger partial charge in [0.1, 0.15) is 6.04 Å². The molecule has 1 fully saturated rings. The molecule has 1 aliphatic rings. The van der Waals surface area contributed by atoms with Crippen LogP contribution < -0.4 is 21.3 Å². The Morgan fingerprint density at radius 2 is 1.48 bits per heavy atom. The first-order chi connectivity index (χ1) is 13.0. The van der Waals surface area contributed by atoms with Crippen molar-refractivity contribution in [3.05, 3.63) is 54.1 Å². The molecule has 6 heteroatoms. The lowest BCUT2D eigenvalue weighted by atomic mass is 10.1. The first-order valence-corrected chi connectivity index (χ1v) is 9.37. The summed E-state index contributed by atoms with van der Waals surface area (Å²) >= 11 is 0. The minimum atomic E-state index is -0.396. The Kier molecular flexibility index (Phi) is 5.96.